The molecular weight excluding hydrogens is 292 g/mol. The van der Waals surface area contributed by atoms with Gasteiger partial charge in [-0.15, -0.1) is 0 Å². The number of hydrogen-bond donors (Lipinski definition) is 1. The topological polar surface area (TPSA) is 74.1 Å². The van der Waals surface area contributed by atoms with Crippen molar-refractivity contribution in [2.24, 2.45) is 0 Å². The Morgan fingerprint density at radius 3 is 2.70 bits per heavy atom. The van der Waals surface area contributed by atoms with E-state index in [-0.39, 0.29) is 0 Å². The van der Waals surface area contributed by atoms with E-state index in [4.69, 9.17) is 4.52 Å². The summed E-state index contributed by atoms with van der Waals surface area (Å²) in [6.07, 6.45) is 0.785. The molecule has 3 heterocycles. The lowest BCUT2D eigenvalue weighted by Gasteiger charge is -2.33. The first-order valence-corrected chi connectivity index (χ1v) is 8.05. The van der Waals surface area contributed by atoms with Crippen LogP contribution in [0, 0.1) is 0 Å². The summed E-state index contributed by atoms with van der Waals surface area (Å²) in [6, 6.07) is 8.13. The second-order valence-corrected chi connectivity index (χ2v) is 5.80. The fourth-order valence-electron chi connectivity index (χ4n) is 2.90. The maximum Gasteiger partial charge on any atom is 0.226 e. The first kappa shape index (κ1) is 14.2. The molecule has 1 saturated heterocycles. The summed E-state index contributed by atoms with van der Waals surface area (Å²) < 4.78 is 5.17. The molecule has 0 aliphatic carbocycles. The van der Waals surface area contributed by atoms with Gasteiger partial charge in [0.05, 0.1) is 17.6 Å². The van der Waals surface area contributed by atoms with Crippen LogP contribution in [0.25, 0.3) is 11.0 Å². The normalized spacial score (nSPS) is 16.3. The average molecular weight is 312 g/mol. The van der Waals surface area contributed by atoms with Crippen LogP contribution in [0.4, 0.5) is 5.95 Å². The Morgan fingerprint density at radius 1 is 1.13 bits per heavy atom. The third-order valence-electron chi connectivity index (χ3n) is 4.23. The number of benzene rings is 1. The van der Waals surface area contributed by atoms with Crippen molar-refractivity contribution in [3.63, 3.8) is 0 Å². The number of nitrogens with one attached hydrogen (secondary N) is 1. The highest BCUT2D eigenvalue weighted by Gasteiger charge is 2.20. The molecule has 1 N–H and O–H groups in total. The molecule has 0 unspecified atom stereocenters. The standard InChI is InChI=1S/C16H20N6O/c1-2-15-19-14(20-23-15)11-21-7-9-22(10-8-21)16-17-12-5-3-4-6-13(12)18-16/h3-6H,2,7-11H2,1H3,(H,17,18). The van der Waals surface area contributed by atoms with Gasteiger partial charge in [-0.3, -0.25) is 4.90 Å². The molecule has 0 spiro atoms. The molecule has 23 heavy (non-hydrogen) atoms. The number of rotatable bonds is 4. The van der Waals surface area contributed by atoms with Crippen LogP contribution in [0.2, 0.25) is 0 Å². The Kier molecular flexibility index (Phi) is 3.70. The maximum absolute atomic E-state index is 5.17. The molecule has 1 fully saturated rings. The number of fused-ring (bicyclic) bond motifs is 1. The minimum absolute atomic E-state index is 0.709. The maximum atomic E-state index is 5.17. The summed E-state index contributed by atoms with van der Waals surface area (Å²) in [5.74, 6) is 2.44. The van der Waals surface area contributed by atoms with Gasteiger partial charge in [0, 0.05) is 32.6 Å². The molecule has 1 aromatic carbocycles. The third-order valence-corrected chi connectivity index (χ3v) is 4.23. The van der Waals surface area contributed by atoms with Crippen molar-refractivity contribution >= 4 is 17.0 Å². The predicted molar refractivity (Wildman–Crippen MR) is 87.3 cm³/mol. The van der Waals surface area contributed by atoms with Crippen LogP contribution in [0.5, 0.6) is 0 Å². The van der Waals surface area contributed by atoms with E-state index in [2.05, 4.69) is 36.0 Å². The molecule has 0 bridgehead atoms. The van der Waals surface area contributed by atoms with E-state index in [1.54, 1.807) is 0 Å². The van der Waals surface area contributed by atoms with Crippen LogP contribution in [0.1, 0.15) is 18.6 Å². The quantitative estimate of drug-likeness (QED) is 0.792. The Morgan fingerprint density at radius 2 is 1.96 bits per heavy atom. The minimum Gasteiger partial charge on any atom is -0.340 e. The molecule has 0 saturated carbocycles. The van der Waals surface area contributed by atoms with Gasteiger partial charge in [-0.2, -0.15) is 4.98 Å². The van der Waals surface area contributed by atoms with E-state index < -0.39 is 0 Å². The highest BCUT2D eigenvalue weighted by molar-refractivity contribution is 5.77. The first-order chi connectivity index (χ1) is 11.3. The number of hydrogen-bond acceptors (Lipinski definition) is 6. The summed E-state index contributed by atoms with van der Waals surface area (Å²) in [6.45, 7) is 6.58. The number of nitrogens with zero attached hydrogens (tertiary/aromatic N) is 5. The van der Waals surface area contributed by atoms with E-state index in [1.807, 2.05) is 25.1 Å². The van der Waals surface area contributed by atoms with Gasteiger partial charge in [0.15, 0.2) is 5.82 Å². The van der Waals surface area contributed by atoms with Gasteiger partial charge < -0.3 is 14.4 Å². The fourth-order valence-corrected chi connectivity index (χ4v) is 2.90. The minimum atomic E-state index is 0.709. The van der Waals surface area contributed by atoms with E-state index in [9.17, 15) is 0 Å². The molecule has 2 aromatic heterocycles. The molecule has 7 nitrogen and oxygen atoms in total. The third kappa shape index (κ3) is 2.92. The summed E-state index contributed by atoms with van der Waals surface area (Å²) >= 11 is 0. The van der Waals surface area contributed by atoms with E-state index in [0.29, 0.717) is 5.89 Å². The summed E-state index contributed by atoms with van der Waals surface area (Å²) in [7, 11) is 0. The molecule has 7 heteroatoms. The number of piperazine rings is 1. The van der Waals surface area contributed by atoms with Gasteiger partial charge in [0.1, 0.15) is 0 Å². The Labute approximate surface area is 134 Å². The Bertz CT molecular complexity index is 754. The molecular formula is C16H20N6O. The molecule has 4 rings (SSSR count). The second kappa shape index (κ2) is 6.00. The zero-order valence-corrected chi connectivity index (χ0v) is 13.2. The average Bonchev–Trinajstić information content (AvgIpc) is 3.21. The number of para-hydroxylation sites is 2. The first-order valence-electron chi connectivity index (χ1n) is 8.05. The van der Waals surface area contributed by atoms with Gasteiger partial charge in [-0.1, -0.05) is 24.2 Å². The number of aromatic nitrogens is 4. The van der Waals surface area contributed by atoms with Crippen LogP contribution >= 0.6 is 0 Å². The van der Waals surface area contributed by atoms with Gasteiger partial charge in [0.25, 0.3) is 0 Å². The van der Waals surface area contributed by atoms with Crippen LogP contribution in [-0.4, -0.2) is 51.2 Å². The lowest BCUT2D eigenvalue weighted by Crippen LogP contribution is -2.46. The number of H-pyrrole nitrogens is 1. The second-order valence-electron chi connectivity index (χ2n) is 5.80. The molecule has 3 aromatic rings. The predicted octanol–water partition coefficient (Wildman–Crippen LogP) is 1.83. The zero-order chi connectivity index (χ0) is 15.6. The Hall–Kier alpha value is -2.41. The molecule has 0 radical (unpaired) electrons. The van der Waals surface area contributed by atoms with Crippen molar-refractivity contribution in [1.82, 2.24) is 25.0 Å². The van der Waals surface area contributed by atoms with Crippen molar-refractivity contribution < 1.29 is 4.52 Å². The Balaban J connectivity index is 1.38. The van der Waals surface area contributed by atoms with Crippen LogP contribution in [0.3, 0.4) is 0 Å². The summed E-state index contributed by atoms with van der Waals surface area (Å²) in [5, 5.41) is 4.03. The number of anilines is 1. The van der Waals surface area contributed by atoms with E-state index >= 15 is 0 Å². The molecule has 0 atom stereocenters. The lowest BCUT2D eigenvalue weighted by atomic mass is 10.3. The fraction of sp³-hybridized carbons (Fsp3) is 0.438. The highest BCUT2D eigenvalue weighted by Crippen LogP contribution is 2.18. The van der Waals surface area contributed by atoms with Gasteiger partial charge in [-0.05, 0) is 12.1 Å². The van der Waals surface area contributed by atoms with Crippen LogP contribution < -0.4 is 4.90 Å². The largest absolute Gasteiger partial charge is 0.340 e. The van der Waals surface area contributed by atoms with Crippen molar-refractivity contribution in [2.45, 2.75) is 19.9 Å². The van der Waals surface area contributed by atoms with Crippen molar-refractivity contribution in [2.75, 3.05) is 31.1 Å². The van der Waals surface area contributed by atoms with Crippen molar-refractivity contribution in [3.8, 4) is 0 Å². The molecule has 0 amide bonds. The lowest BCUT2D eigenvalue weighted by molar-refractivity contribution is 0.239. The van der Waals surface area contributed by atoms with Crippen molar-refractivity contribution in [3.05, 3.63) is 36.0 Å². The van der Waals surface area contributed by atoms with Gasteiger partial charge >= 0.3 is 0 Å². The van der Waals surface area contributed by atoms with Crippen LogP contribution in [0.15, 0.2) is 28.8 Å². The van der Waals surface area contributed by atoms with Crippen LogP contribution in [-0.2, 0) is 13.0 Å². The monoisotopic (exact) mass is 312 g/mol. The number of aryl methyl sites for hydroxylation is 1. The van der Waals surface area contributed by atoms with Crippen molar-refractivity contribution in [1.29, 1.82) is 0 Å². The summed E-state index contributed by atoms with van der Waals surface area (Å²) in [4.78, 5) is 17.1. The number of imidazole rings is 1. The highest BCUT2D eigenvalue weighted by atomic mass is 16.5. The zero-order valence-electron chi connectivity index (χ0n) is 13.2. The van der Waals surface area contributed by atoms with E-state index in [1.165, 1.54) is 0 Å². The number of aromatic amines is 1. The molecule has 1 aliphatic rings. The van der Waals surface area contributed by atoms with E-state index in [0.717, 1.165) is 62.0 Å². The summed E-state index contributed by atoms with van der Waals surface area (Å²) in [5.41, 5.74) is 2.10. The molecule has 1 aliphatic heterocycles. The SMILES string of the molecule is CCc1nc(CN2CCN(c3nc4ccccc4[nH]3)CC2)no1. The molecule has 120 valence electrons. The van der Waals surface area contributed by atoms with Gasteiger partial charge in [-0.25, -0.2) is 4.98 Å². The van der Waals surface area contributed by atoms with Gasteiger partial charge in [0.2, 0.25) is 11.8 Å². The smallest absolute Gasteiger partial charge is 0.226 e.